The Bertz CT molecular complexity index is 1200. The Hall–Kier alpha value is -3.59. The van der Waals surface area contributed by atoms with E-state index in [1.807, 2.05) is 0 Å². The van der Waals surface area contributed by atoms with Crippen molar-refractivity contribution in [3.05, 3.63) is 70.8 Å². The number of benzene rings is 2. The number of methoxy groups -OCH3 is 1. The molecule has 9 heteroatoms. The van der Waals surface area contributed by atoms with Crippen LogP contribution >= 0.6 is 11.3 Å². The van der Waals surface area contributed by atoms with Crippen LogP contribution in [0.25, 0.3) is 22.0 Å². The smallest absolute Gasteiger partial charge is 0.351 e. The van der Waals surface area contributed by atoms with Crippen molar-refractivity contribution < 1.29 is 23.1 Å². The lowest BCUT2D eigenvalue weighted by Crippen LogP contribution is -2.09. The number of carbonyl (C=O) groups is 1. The molecule has 2 aromatic carbocycles. The van der Waals surface area contributed by atoms with E-state index in [2.05, 4.69) is 15.2 Å². The number of esters is 1. The molecule has 0 saturated heterocycles. The monoisotopic (exact) mass is 439 g/mol. The fourth-order valence-corrected chi connectivity index (χ4v) is 3.77. The number of hydrogen-bond donors (Lipinski definition) is 0. The van der Waals surface area contributed by atoms with Gasteiger partial charge in [-0.05, 0) is 62.4 Å². The number of ether oxygens (including phenoxy) is 2. The van der Waals surface area contributed by atoms with Gasteiger partial charge in [0.1, 0.15) is 21.5 Å². The van der Waals surface area contributed by atoms with Gasteiger partial charge in [-0.3, -0.25) is 0 Å². The quantitative estimate of drug-likeness (QED) is 0.380. The molecule has 1 atom stereocenters. The third-order valence-corrected chi connectivity index (χ3v) is 5.67. The minimum Gasteiger partial charge on any atom is -0.497 e. The molecule has 1 unspecified atom stereocenters. The lowest BCUT2D eigenvalue weighted by molar-refractivity contribution is 0.0284. The Balaban J connectivity index is 1.47. The van der Waals surface area contributed by atoms with Crippen LogP contribution < -0.4 is 4.74 Å². The summed E-state index contributed by atoms with van der Waals surface area (Å²) in [6.07, 6.45) is -0.747. The van der Waals surface area contributed by atoms with Crippen LogP contribution in [0.15, 0.2) is 52.9 Å². The van der Waals surface area contributed by atoms with Crippen LogP contribution in [-0.2, 0) is 4.74 Å². The predicted molar refractivity (Wildman–Crippen MR) is 112 cm³/mol. The highest BCUT2D eigenvalue weighted by Gasteiger charge is 2.23. The van der Waals surface area contributed by atoms with Crippen LogP contribution in [0.2, 0.25) is 0 Å². The molecule has 2 aromatic heterocycles. The van der Waals surface area contributed by atoms with Crippen LogP contribution in [0.3, 0.4) is 0 Å². The second-order valence-corrected chi connectivity index (χ2v) is 7.66. The Kier molecular flexibility index (Phi) is 5.77. The highest BCUT2D eigenvalue weighted by Crippen LogP contribution is 2.30. The normalized spacial score (nSPS) is 11.9. The Morgan fingerprint density at radius 3 is 2.42 bits per heavy atom. The molecule has 2 heterocycles. The second kappa shape index (κ2) is 8.65. The minimum absolute atomic E-state index is 0.181. The van der Waals surface area contributed by atoms with Crippen molar-refractivity contribution in [1.29, 1.82) is 0 Å². The molecule has 0 aliphatic carbocycles. The largest absolute Gasteiger partial charge is 0.497 e. The number of thiazole rings is 1. The molecule has 0 aliphatic rings. The summed E-state index contributed by atoms with van der Waals surface area (Å²) in [5.41, 5.74) is 1.98. The van der Waals surface area contributed by atoms with Crippen molar-refractivity contribution in [2.45, 2.75) is 20.0 Å². The van der Waals surface area contributed by atoms with Gasteiger partial charge in [-0.15, -0.1) is 21.5 Å². The molecule has 0 radical (unpaired) electrons. The number of hydrogen-bond acceptors (Lipinski definition) is 8. The SMILES string of the molecule is COc1ccc(-c2nnc(C(C)OC(=O)c3sc(-c4ccc(F)cc4)nc3C)o2)cc1. The second-order valence-electron chi connectivity index (χ2n) is 6.66. The first-order valence-electron chi connectivity index (χ1n) is 9.36. The van der Waals surface area contributed by atoms with E-state index in [9.17, 15) is 9.18 Å². The molecule has 0 saturated carbocycles. The maximum absolute atomic E-state index is 13.1. The zero-order valence-electron chi connectivity index (χ0n) is 17.0. The van der Waals surface area contributed by atoms with Crippen LogP contribution in [0, 0.1) is 12.7 Å². The molecule has 0 amide bonds. The topological polar surface area (TPSA) is 87.3 Å². The summed E-state index contributed by atoms with van der Waals surface area (Å²) in [6.45, 7) is 3.37. The van der Waals surface area contributed by atoms with Gasteiger partial charge in [0, 0.05) is 11.1 Å². The highest BCUT2D eigenvalue weighted by atomic mass is 32.1. The summed E-state index contributed by atoms with van der Waals surface area (Å²) in [5.74, 6) is 0.332. The first kappa shape index (κ1) is 20.7. The summed E-state index contributed by atoms with van der Waals surface area (Å²) >= 11 is 1.18. The molecule has 0 spiro atoms. The molecule has 0 fully saturated rings. The predicted octanol–water partition coefficient (Wildman–Crippen LogP) is 5.23. The average Bonchev–Trinajstić information content (AvgIpc) is 3.42. The summed E-state index contributed by atoms with van der Waals surface area (Å²) < 4.78 is 29.5. The molecule has 0 N–H and O–H groups in total. The van der Waals surface area contributed by atoms with Crippen molar-refractivity contribution in [3.63, 3.8) is 0 Å². The van der Waals surface area contributed by atoms with Crippen LogP contribution in [0.1, 0.15) is 34.3 Å². The molecular weight excluding hydrogens is 421 g/mol. The van der Waals surface area contributed by atoms with Gasteiger partial charge in [-0.25, -0.2) is 14.2 Å². The zero-order chi connectivity index (χ0) is 22.0. The number of rotatable bonds is 6. The Labute approximate surface area is 181 Å². The molecule has 4 aromatic rings. The van der Waals surface area contributed by atoms with Gasteiger partial charge in [-0.1, -0.05) is 0 Å². The lowest BCUT2D eigenvalue weighted by atomic mass is 10.2. The molecule has 4 rings (SSSR count). The average molecular weight is 439 g/mol. The van der Waals surface area contributed by atoms with Gasteiger partial charge in [0.2, 0.25) is 5.89 Å². The highest BCUT2D eigenvalue weighted by molar-refractivity contribution is 7.17. The Morgan fingerprint density at radius 1 is 1.06 bits per heavy atom. The molecule has 0 bridgehead atoms. The van der Waals surface area contributed by atoms with E-state index >= 15 is 0 Å². The van der Waals surface area contributed by atoms with Crippen molar-refractivity contribution in [3.8, 4) is 27.8 Å². The third-order valence-electron chi connectivity index (χ3n) is 4.48. The number of halogens is 1. The first-order valence-corrected chi connectivity index (χ1v) is 10.2. The van der Waals surface area contributed by atoms with Gasteiger partial charge >= 0.3 is 5.97 Å². The number of nitrogens with zero attached hydrogens (tertiary/aromatic N) is 3. The van der Waals surface area contributed by atoms with Gasteiger partial charge in [-0.2, -0.15) is 0 Å². The maximum Gasteiger partial charge on any atom is 0.351 e. The molecule has 158 valence electrons. The Morgan fingerprint density at radius 2 is 1.74 bits per heavy atom. The van der Waals surface area contributed by atoms with E-state index in [0.29, 0.717) is 27.2 Å². The summed E-state index contributed by atoms with van der Waals surface area (Å²) in [7, 11) is 1.59. The summed E-state index contributed by atoms with van der Waals surface area (Å²) in [5, 5.41) is 8.62. The van der Waals surface area contributed by atoms with Gasteiger partial charge < -0.3 is 13.9 Å². The number of carbonyl (C=O) groups excluding carboxylic acids is 1. The maximum atomic E-state index is 13.1. The fraction of sp³-hybridized carbons (Fsp3) is 0.182. The van der Waals surface area contributed by atoms with E-state index in [1.165, 1.54) is 23.5 Å². The van der Waals surface area contributed by atoms with Crippen LogP contribution in [0.5, 0.6) is 5.75 Å². The van der Waals surface area contributed by atoms with E-state index in [0.717, 1.165) is 11.1 Å². The standard InChI is InChI=1S/C22H18FN3O4S/c1-12-18(31-21(24-12)15-4-8-16(23)9-5-15)22(27)29-13(2)19-25-26-20(30-19)14-6-10-17(28-3)11-7-14/h4-11,13H,1-3H3. The fourth-order valence-electron chi connectivity index (χ4n) is 2.82. The number of aromatic nitrogens is 3. The lowest BCUT2D eigenvalue weighted by Gasteiger charge is -2.08. The van der Waals surface area contributed by atoms with E-state index in [1.54, 1.807) is 57.4 Å². The van der Waals surface area contributed by atoms with E-state index in [4.69, 9.17) is 13.9 Å². The van der Waals surface area contributed by atoms with Crippen LogP contribution in [-0.4, -0.2) is 28.3 Å². The molecule has 0 aliphatic heterocycles. The molecule has 31 heavy (non-hydrogen) atoms. The van der Waals surface area contributed by atoms with Gasteiger partial charge in [0.15, 0.2) is 6.10 Å². The van der Waals surface area contributed by atoms with Gasteiger partial charge in [0.25, 0.3) is 5.89 Å². The van der Waals surface area contributed by atoms with Crippen molar-refractivity contribution in [2.24, 2.45) is 0 Å². The summed E-state index contributed by atoms with van der Waals surface area (Å²) in [6, 6.07) is 13.1. The van der Waals surface area contributed by atoms with Gasteiger partial charge in [0.05, 0.1) is 12.8 Å². The van der Waals surface area contributed by atoms with Crippen molar-refractivity contribution >= 4 is 17.3 Å². The minimum atomic E-state index is -0.747. The third kappa shape index (κ3) is 4.46. The molecule has 7 nitrogen and oxygen atoms in total. The van der Waals surface area contributed by atoms with Crippen molar-refractivity contribution in [1.82, 2.24) is 15.2 Å². The number of aryl methyl sites for hydroxylation is 1. The zero-order valence-corrected chi connectivity index (χ0v) is 17.8. The van der Waals surface area contributed by atoms with E-state index < -0.39 is 12.1 Å². The molecular formula is C22H18FN3O4S. The van der Waals surface area contributed by atoms with E-state index in [-0.39, 0.29) is 11.7 Å². The first-order chi connectivity index (χ1) is 14.9. The van der Waals surface area contributed by atoms with Crippen LogP contribution in [0.4, 0.5) is 4.39 Å². The summed E-state index contributed by atoms with van der Waals surface area (Å²) in [4.78, 5) is 17.4. The van der Waals surface area contributed by atoms with Crippen molar-refractivity contribution in [2.75, 3.05) is 7.11 Å².